The van der Waals surface area contributed by atoms with Gasteiger partial charge in [0.2, 0.25) is 5.91 Å². The number of benzene rings is 1. The summed E-state index contributed by atoms with van der Waals surface area (Å²) in [6, 6.07) is 5.88. The van der Waals surface area contributed by atoms with Crippen LogP contribution in [0.15, 0.2) is 36.8 Å². The minimum atomic E-state index is -1.04. The molecule has 37 heavy (non-hydrogen) atoms. The number of nitrogens with zero attached hydrogens (tertiary/aromatic N) is 5. The van der Waals surface area contributed by atoms with Crippen molar-refractivity contribution in [3.63, 3.8) is 0 Å². The lowest BCUT2D eigenvalue weighted by molar-refractivity contribution is -0.134. The SMILES string of the molecule is CC(=O)O.COc1c(-c2nn(C3CCNCC3)c3ncnc(N)c23)cccc1C1(C(N)=O)CC=CN1C. The Bertz CT molecular complexity index is 1340. The molecule has 12 heteroatoms. The first-order chi connectivity index (χ1) is 17.7. The highest BCUT2D eigenvalue weighted by molar-refractivity contribution is 6.00. The van der Waals surface area contributed by atoms with Crippen LogP contribution < -0.4 is 21.5 Å². The number of methoxy groups -OCH3 is 1. The van der Waals surface area contributed by atoms with E-state index in [0.29, 0.717) is 40.3 Å². The lowest BCUT2D eigenvalue weighted by atomic mass is 9.84. The number of para-hydroxylation sites is 1. The number of carboxylic acid groups (broad SMARTS) is 1. The number of primary amides is 1. The minimum absolute atomic E-state index is 0.202. The molecule has 196 valence electrons. The van der Waals surface area contributed by atoms with Crippen molar-refractivity contribution in [2.75, 3.05) is 33.0 Å². The second-order valence-electron chi connectivity index (χ2n) is 9.06. The van der Waals surface area contributed by atoms with Gasteiger partial charge in [-0.3, -0.25) is 9.59 Å². The number of nitrogen functional groups attached to an aromatic ring is 1. The van der Waals surface area contributed by atoms with Gasteiger partial charge in [0.25, 0.3) is 5.97 Å². The van der Waals surface area contributed by atoms with E-state index in [9.17, 15) is 4.79 Å². The van der Waals surface area contributed by atoms with Crippen LogP contribution in [0, 0.1) is 0 Å². The van der Waals surface area contributed by atoms with E-state index < -0.39 is 17.4 Å². The Morgan fingerprint density at radius 3 is 2.54 bits per heavy atom. The van der Waals surface area contributed by atoms with E-state index in [4.69, 9.17) is 31.2 Å². The molecule has 2 aliphatic rings. The molecule has 12 nitrogen and oxygen atoms in total. The van der Waals surface area contributed by atoms with Crippen molar-refractivity contribution < 1.29 is 19.4 Å². The molecule has 1 saturated heterocycles. The number of ether oxygens (including phenoxy) is 1. The summed E-state index contributed by atoms with van der Waals surface area (Å²) in [5.74, 6) is -0.391. The average molecular weight is 509 g/mol. The summed E-state index contributed by atoms with van der Waals surface area (Å²) in [6.07, 6.45) is 7.61. The zero-order chi connectivity index (χ0) is 26.7. The number of aliphatic carboxylic acids is 1. The third-order valence-corrected chi connectivity index (χ3v) is 6.84. The lowest BCUT2D eigenvalue weighted by Crippen LogP contribution is -2.49. The third-order valence-electron chi connectivity index (χ3n) is 6.84. The number of piperidine rings is 1. The lowest BCUT2D eigenvalue weighted by Gasteiger charge is -2.36. The van der Waals surface area contributed by atoms with E-state index in [1.165, 1.54) is 6.33 Å². The number of carbonyl (C=O) groups excluding carboxylic acids is 1. The molecule has 5 rings (SSSR count). The number of carbonyl (C=O) groups is 2. The molecule has 4 heterocycles. The molecule has 1 aromatic carbocycles. The normalized spacial score (nSPS) is 19.5. The van der Waals surface area contributed by atoms with Crippen LogP contribution in [0.4, 0.5) is 5.82 Å². The van der Waals surface area contributed by atoms with Crippen molar-refractivity contribution in [3.05, 3.63) is 42.4 Å². The molecule has 0 spiro atoms. The molecule has 0 bridgehead atoms. The Morgan fingerprint density at radius 1 is 1.24 bits per heavy atom. The molecule has 1 unspecified atom stereocenters. The molecule has 0 saturated carbocycles. The first kappa shape index (κ1) is 25.9. The van der Waals surface area contributed by atoms with Crippen molar-refractivity contribution in [3.8, 4) is 17.0 Å². The van der Waals surface area contributed by atoms with Crippen LogP contribution in [0.2, 0.25) is 0 Å². The Hall–Kier alpha value is -4.19. The highest BCUT2D eigenvalue weighted by atomic mass is 16.5. The summed E-state index contributed by atoms with van der Waals surface area (Å²) in [7, 11) is 3.43. The summed E-state index contributed by atoms with van der Waals surface area (Å²) in [4.78, 5) is 32.3. The van der Waals surface area contributed by atoms with Crippen molar-refractivity contribution in [2.24, 2.45) is 5.73 Å². The maximum absolute atomic E-state index is 12.7. The van der Waals surface area contributed by atoms with E-state index in [1.54, 1.807) is 7.11 Å². The second-order valence-corrected chi connectivity index (χ2v) is 9.06. The largest absolute Gasteiger partial charge is 0.496 e. The third kappa shape index (κ3) is 4.55. The summed E-state index contributed by atoms with van der Waals surface area (Å²) in [5, 5.41) is 16.5. The fourth-order valence-electron chi connectivity index (χ4n) is 5.12. The van der Waals surface area contributed by atoms with Gasteiger partial charge in [0.05, 0.1) is 18.5 Å². The van der Waals surface area contributed by atoms with Gasteiger partial charge in [0.15, 0.2) is 11.2 Å². The number of likely N-dealkylation sites (N-methyl/N-ethyl adjacent to an activating group) is 1. The number of nitrogens with two attached hydrogens (primary N) is 2. The average Bonchev–Trinajstić information content (AvgIpc) is 3.46. The number of amides is 1. The highest BCUT2D eigenvalue weighted by Crippen LogP contribution is 2.46. The number of hydrogen-bond donors (Lipinski definition) is 4. The number of aromatic nitrogens is 4. The Labute approximate surface area is 214 Å². The Morgan fingerprint density at radius 2 is 1.95 bits per heavy atom. The fourth-order valence-corrected chi connectivity index (χ4v) is 5.12. The van der Waals surface area contributed by atoms with Crippen molar-refractivity contribution in [2.45, 2.75) is 37.8 Å². The van der Waals surface area contributed by atoms with Crippen LogP contribution in [0.3, 0.4) is 0 Å². The predicted octanol–water partition coefficient (Wildman–Crippen LogP) is 1.63. The number of hydrogen-bond acceptors (Lipinski definition) is 9. The van der Waals surface area contributed by atoms with Crippen molar-refractivity contribution in [1.82, 2.24) is 30.0 Å². The predicted molar refractivity (Wildman–Crippen MR) is 139 cm³/mol. The van der Waals surface area contributed by atoms with E-state index in [-0.39, 0.29) is 6.04 Å². The number of fused-ring (bicyclic) bond motifs is 1. The van der Waals surface area contributed by atoms with E-state index >= 15 is 0 Å². The molecule has 6 N–H and O–H groups in total. The zero-order valence-corrected chi connectivity index (χ0v) is 21.1. The van der Waals surface area contributed by atoms with E-state index in [1.807, 2.05) is 47.1 Å². The summed E-state index contributed by atoms with van der Waals surface area (Å²) in [6.45, 7) is 2.92. The molecule has 2 aromatic heterocycles. The van der Waals surface area contributed by atoms with Gasteiger partial charge in [0, 0.05) is 31.5 Å². The standard InChI is InChI=1S/C23H28N8O2.C2H4O2/c1-30-12-4-9-23(30,22(25)32)16-6-3-5-15(19(16)33-2)18-17-20(24)27-13-28-21(17)31(29-18)14-7-10-26-11-8-14;1-2(3)4/h3-6,12-14,26H,7-11H2,1-2H3,(H2,25,32)(H2,24,27,28);1H3,(H,3,4). The highest BCUT2D eigenvalue weighted by Gasteiger charge is 2.46. The summed E-state index contributed by atoms with van der Waals surface area (Å²) < 4.78 is 7.87. The van der Waals surface area contributed by atoms with Crippen molar-refractivity contribution >= 4 is 28.7 Å². The molecule has 0 aliphatic carbocycles. The number of anilines is 1. The first-order valence-corrected chi connectivity index (χ1v) is 12.0. The van der Waals surface area contributed by atoms with Crippen LogP contribution in [0.1, 0.15) is 37.8 Å². The van der Waals surface area contributed by atoms with Gasteiger partial charge in [-0.25, -0.2) is 14.6 Å². The van der Waals surface area contributed by atoms with Gasteiger partial charge in [0.1, 0.15) is 23.6 Å². The van der Waals surface area contributed by atoms with Gasteiger partial charge in [-0.05, 0) is 38.2 Å². The van der Waals surface area contributed by atoms with Gasteiger partial charge in [-0.15, -0.1) is 0 Å². The number of carboxylic acids is 1. The Balaban J connectivity index is 0.000000747. The molecular weight excluding hydrogens is 476 g/mol. The van der Waals surface area contributed by atoms with Crippen LogP contribution in [0.25, 0.3) is 22.3 Å². The first-order valence-electron chi connectivity index (χ1n) is 12.0. The molecule has 1 amide bonds. The van der Waals surface area contributed by atoms with Crippen LogP contribution in [0.5, 0.6) is 5.75 Å². The van der Waals surface area contributed by atoms with E-state index in [2.05, 4.69) is 15.3 Å². The monoisotopic (exact) mass is 508 g/mol. The molecular formula is C25H32N8O4. The van der Waals surface area contributed by atoms with E-state index in [0.717, 1.165) is 38.4 Å². The minimum Gasteiger partial charge on any atom is -0.496 e. The van der Waals surface area contributed by atoms with Crippen LogP contribution >= 0.6 is 0 Å². The smallest absolute Gasteiger partial charge is 0.300 e. The van der Waals surface area contributed by atoms with Crippen LogP contribution in [-0.4, -0.2) is 68.9 Å². The quantitative estimate of drug-likeness (QED) is 0.396. The molecule has 1 atom stereocenters. The number of rotatable bonds is 5. The molecule has 1 fully saturated rings. The zero-order valence-electron chi connectivity index (χ0n) is 21.1. The number of nitrogens with one attached hydrogen (secondary N) is 1. The fraction of sp³-hybridized carbons (Fsp3) is 0.400. The molecule has 2 aliphatic heterocycles. The topological polar surface area (TPSA) is 175 Å². The maximum atomic E-state index is 12.7. The maximum Gasteiger partial charge on any atom is 0.300 e. The van der Waals surface area contributed by atoms with Crippen LogP contribution in [-0.2, 0) is 15.1 Å². The van der Waals surface area contributed by atoms with Gasteiger partial charge in [-0.2, -0.15) is 5.10 Å². The molecule has 3 aromatic rings. The van der Waals surface area contributed by atoms with Gasteiger partial charge >= 0.3 is 0 Å². The summed E-state index contributed by atoms with van der Waals surface area (Å²) in [5.41, 5.74) is 14.0. The Kier molecular flexibility index (Phi) is 7.30. The molecule has 0 radical (unpaired) electrons. The van der Waals surface area contributed by atoms with Gasteiger partial charge in [-0.1, -0.05) is 18.2 Å². The van der Waals surface area contributed by atoms with Gasteiger partial charge < -0.3 is 31.5 Å². The van der Waals surface area contributed by atoms with Crippen molar-refractivity contribution in [1.29, 1.82) is 0 Å². The summed E-state index contributed by atoms with van der Waals surface area (Å²) >= 11 is 0. The second kappa shape index (κ2) is 10.4.